The van der Waals surface area contributed by atoms with Gasteiger partial charge in [0.2, 0.25) is 5.11 Å². The number of thiocarbonyl (C=S) groups is 1. The Morgan fingerprint density at radius 3 is 2.45 bits per heavy atom. The summed E-state index contributed by atoms with van der Waals surface area (Å²) in [4.78, 5) is 11.3. The standard InChI is InChI=1S/C16H15N3O2S/c1-21-15(20)13-9-7-12(8-10-13)11-17-19-16(22)18-14-5-3-2-4-6-14/h2-11H,1H3,(H2,18,19,22)/p+1. The van der Waals surface area contributed by atoms with Gasteiger partial charge in [0.05, 0.1) is 12.7 Å². The third-order valence-corrected chi connectivity index (χ3v) is 2.99. The predicted octanol–water partition coefficient (Wildman–Crippen LogP) is 0.874. The number of hydrazone groups is 1. The smallest absolute Gasteiger partial charge is 0.337 e. The molecule has 0 spiro atoms. The van der Waals surface area contributed by atoms with Crippen molar-refractivity contribution < 1.29 is 14.6 Å². The van der Waals surface area contributed by atoms with Gasteiger partial charge in [0, 0.05) is 11.3 Å². The van der Waals surface area contributed by atoms with Crippen LogP contribution in [0.4, 0.5) is 5.69 Å². The number of methoxy groups -OCH3 is 1. The van der Waals surface area contributed by atoms with E-state index in [0.29, 0.717) is 10.7 Å². The van der Waals surface area contributed by atoms with Crippen LogP contribution in [0.2, 0.25) is 0 Å². The number of anilines is 1. The SMILES string of the molecule is COC(=O)c1ccc(C=[NH+]NC(=S)Nc2ccccc2)cc1. The molecule has 0 heterocycles. The summed E-state index contributed by atoms with van der Waals surface area (Å²) >= 11 is 5.16. The van der Waals surface area contributed by atoms with Crippen molar-refractivity contribution in [2.75, 3.05) is 12.4 Å². The molecule has 22 heavy (non-hydrogen) atoms. The lowest BCUT2D eigenvalue weighted by molar-refractivity contribution is -0.499. The van der Waals surface area contributed by atoms with Crippen LogP contribution in [0.3, 0.4) is 0 Å². The lowest BCUT2D eigenvalue weighted by Crippen LogP contribution is -2.82. The van der Waals surface area contributed by atoms with E-state index in [0.717, 1.165) is 11.3 Å². The van der Waals surface area contributed by atoms with E-state index < -0.39 is 0 Å². The summed E-state index contributed by atoms with van der Waals surface area (Å²) in [5.74, 6) is -0.356. The Labute approximate surface area is 134 Å². The number of nitrogens with one attached hydrogen (secondary N) is 3. The number of para-hydroxylation sites is 1. The van der Waals surface area contributed by atoms with Gasteiger partial charge in [0.15, 0.2) is 6.21 Å². The highest BCUT2D eigenvalue weighted by Crippen LogP contribution is 2.04. The molecule has 6 heteroatoms. The lowest BCUT2D eigenvalue weighted by Gasteiger charge is -2.03. The summed E-state index contributed by atoms with van der Waals surface area (Å²) in [7, 11) is 1.36. The van der Waals surface area contributed by atoms with Crippen LogP contribution in [-0.4, -0.2) is 24.4 Å². The van der Waals surface area contributed by atoms with E-state index in [2.05, 4.69) is 20.6 Å². The zero-order valence-corrected chi connectivity index (χ0v) is 12.8. The molecule has 0 saturated carbocycles. The summed E-state index contributed by atoms with van der Waals surface area (Å²) in [6, 6.07) is 16.6. The first-order valence-electron chi connectivity index (χ1n) is 6.58. The Kier molecular flexibility index (Phi) is 5.62. The van der Waals surface area contributed by atoms with Crippen molar-refractivity contribution in [1.82, 2.24) is 5.43 Å². The first-order chi connectivity index (χ1) is 10.7. The molecule has 2 aromatic rings. The molecule has 3 N–H and O–H groups in total. The normalized spacial score (nSPS) is 10.2. The zero-order valence-electron chi connectivity index (χ0n) is 12.0. The topological polar surface area (TPSA) is 64.3 Å². The number of esters is 1. The van der Waals surface area contributed by atoms with Crippen molar-refractivity contribution in [3.05, 3.63) is 65.7 Å². The summed E-state index contributed by atoms with van der Waals surface area (Å²) < 4.78 is 4.64. The van der Waals surface area contributed by atoms with Crippen molar-refractivity contribution in [3.63, 3.8) is 0 Å². The van der Waals surface area contributed by atoms with Crippen LogP contribution in [0.15, 0.2) is 54.6 Å². The minimum atomic E-state index is -0.356. The second-order valence-corrected chi connectivity index (χ2v) is 4.76. The van der Waals surface area contributed by atoms with Gasteiger partial charge in [0.1, 0.15) is 0 Å². The highest BCUT2D eigenvalue weighted by molar-refractivity contribution is 7.80. The minimum absolute atomic E-state index is 0.356. The van der Waals surface area contributed by atoms with E-state index in [1.807, 2.05) is 30.3 Å². The van der Waals surface area contributed by atoms with Crippen LogP contribution >= 0.6 is 12.2 Å². The molecule has 2 rings (SSSR count). The number of hydrazine groups is 1. The number of ether oxygens (including phenoxy) is 1. The molecule has 0 saturated heterocycles. The summed E-state index contributed by atoms with van der Waals surface area (Å²) in [5.41, 5.74) is 5.16. The fraction of sp³-hybridized carbons (Fsp3) is 0.0625. The predicted molar refractivity (Wildman–Crippen MR) is 89.7 cm³/mol. The molecule has 0 aliphatic carbocycles. The summed E-state index contributed by atoms with van der Waals surface area (Å²) in [5, 5.41) is 6.38. The van der Waals surface area contributed by atoms with Gasteiger partial charge in [0.25, 0.3) is 0 Å². The number of rotatable bonds is 4. The summed E-state index contributed by atoms with van der Waals surface area (Å²) in [6.07, 6.45) is 1.74. The molecule has 0 bridgehead atoms. The highest BCUT2D eigenvalue weighted by Gasteiger charge is 2.04. The molecule has 0 amide bonds. The molecule has 0 radical (unpaired) electrons. The van der Waals surface area contributed by atoms with Crippen LogP contribution in [-0.2, 0) is 4.74 Å². The van der Waals surface area contributed by atoms with Gasteiger partial charge in [-0.05, 0) is 48.6 Å². The molecule has 0 aliphatic heterocycles. The Balaban J connectivity index is 1.87. The molecule has 0 atom stereocenters. The van der Waals surface area contributed by atoms with Crippen molar-refractivity contribution in [2.45, 2.75) is 0 Å². The molecular formula is C16H16N3O2S+. The average Bonchev–Trinajstić information content (AvgIpc) is 2.55. The van der Waals surface area contributed by atoms with E-state index in [1.165, 1.54) is 7.11 Å². The number of carbonyl (C=O) groups is 1. The maximum atomic E-state index is 11.3. The van der Waals surface area contributed by atoms with Gasteiger partial charge >= 0.3 is 5.97 Å². The van der Waals surface area contributed by atoms with Crippen LogP contribution < -0.4 is 15.8 Å². The van der Waals surface area contributed by atoms with Gasteiger partial charge in [-0.2, -0.15) is 0 Å². The first kappa shape index (κ1) is 15.7. The van der Waals surface area contributed by atoms with Crippen molar-refractivity contribution in [1.29, 1.82) is 0 Å². The molecule has 112 valence electrons. The second-order valence-electron chi connectivity index (χ2n) is 4.35. The molecule has 0 fully saturated rings. The van der Waals surface area contributed by atoms with Gasteiger partial charge in [-0.25, -0.2) is 4.79 Å². The quantitative estimate of drug-likeness (QED) is 0.338. The molecule has 0 aromatic heterocycles. The van der Waals surface area contributed by atoms with Crippen LogP contribution in [0.5, 0.6) is 0 Å². The summed E-state index contributed by atoms with van der Waals surface area (Å²) in [6.45, 7) is 0. The van der Waals surface area contributed by atoms with Gasteiger partial charge in [-0.1, -0.05) is 18.2 Å². The van der Waals surface area contributed by atoms with Gasteiger partial charge < -0.3 is 10.1 Å². The van der Waals surface area contributed by atoms with E-state index >= 15 is 0 Å². The van der Waals surface area contributed by atoms with Crippen LogP contribution in [0, 0.1) is 0 Å². The van der Waals surface area contributed by atoms with Gasteiger partial charge in [-0.15, -0.1) is 10.5 Å². The maximum absolute atomic E-state index is 11.3. The number of hydrogen-bond donors (Lipinski definition) is 3. The lowest BCUT2D eigenvalue weighted by atomic mass is 10.1. The average molecular weight is 314 g/mol. The number of hydrogen-bond acceptors (Lipinski definition) is 3. The van der Waals surface area contributed by atoms with Crippen molar-refractivity contribution in [3.8, 4) is 0 Å². The van der Waals surface area contributed by atoms with Crippen LogP contribution in [0.25, 0.3) is 0 Å². The molecule has 0 unspecified atom stereocenters. The fourth-order valence-corrected chi connectivity index (χ4v) is 1.88. The highest BCUT2D eigenvalue weighted by atomic mass is 32.1. The largest absolute Gasteiger partial charge is 0.465 e. The third-order valence-electron chi connectivity index (χ3n) is 2.79. The molecule has 2 aromatic carbocycles. The number of benzene rings is 2. The Morgan fingerprint density at radius 1 is 1.14 bits per heavy atom. The molecular weight excluding hydrogens is 298 g/mol. The van der Waals surface area contributed by atoms with Crippen molar-refractivity contribution >= 4 is 35.2 Å². The number of carbonyl (C=O) groups excluding carboxylic acids is 1. The zero-order chi connectivity index (χ0) is 15.8. The Bertz CT molecular complexity index is 670. The monoisotopic (exact) mass is 314 g/mol. The Hall–Kier alpha value is -2.73. The first-order valence-corrected chi connectivity index (χ1v) is 6.99. The van der Waals surface area contributed by atoms with E-state index in [1.54, 1.807) is 30.5 Å². The maximum Gasteiger partial charge on any atom is 0.337 e. The fourth-order valence-electron chi connectivity index (χ4n) is 1.70. The van der Waals surface area contributed by atoms with E-state index in [9.17, 15) is 4.79 Å². The molecule has 0 aliphatic rings. The van der Waals surface area contributed by atoms with E-state index in [-0.39, 0.29) is 5.97 Å². The third kappa shape index (κ3) is 4.68. The second kappa shape index (κ2) is 7.90. The van der Waals surface area contributed by atoms with Gasteiger partial charge in [-0.3, -0.25) is 0 Å². The van der Waals surface area contributed by atoms with Crippen molar-refractivity contribution in [2.24, 2.45) is 0 Å². The Morgan fingerprint density at radius 2 is 1.82 bits per heavy atom. The molecule has 5 nitrogen and oxygen atoms in total. The van der Waals surface area contributed by atoms with E-state index in [4.69, 9.17) is 12.2 Å². The van der Waals surface area contributed by atoms with Crippen LogP contribution in [0.1, 0.15) is 15.9 Å². The minimum Gasteiger partial charge on any atom is -0.465 e.